The summed E-state index contributed by atoms with van der Waals surface area (Å²) in [6.07, 6.45) is 1.76. The molecule has 26 heavy (non-hydrogen) atoms. The fourth-order valence-corrected chi connectivity index (χ4v) is 4.12. The minimum Gasteiger partial charge on any atom is -0.413 e. The number of hydrogen-bond acceptors (Lipinski definition) is 6. The van der Waals surface area contributed by atoms with Crippen LogP contribution in [0.25, 0.3) is 10.3 Å². The van der Waals surface area contributed by atoms with E-state index in [9.17, 15) is 0 Å². The van der Waals surface area contributed by atoms with Crippen LogP contribution in [0, 0.1) is 0 Å². The van der Waals surface area contributed by atoms with E-state index >= 15 is 0 Å². The summed E-state index contributed by atoms with van der Waals surface area (Å²) in [4.78, 5) is 14.1. The summed E-state index contributed by atoms with van der Waals surface area (Å²) >= 11 is 7.69. The number of rotatable bonds is 5. The van der Waals surface area contributed by atoms with Gasteiger partial charge in [0.05, 0.1) is 6.61 Å². The van der Waals surface area contributed by atoms with Crippen LogP contribution in [0.4, 0.5) is 10.9 Å². The van der Waals surface area contributed by atoms with Crippen LogP contribution in [0.15, 0.2) is 30.5 Å². The monoisotopic (exact) mass is 406 g/mol. The molecule has 3 aromatic heterocycles. The van der Waals surface area contributed by atoms with Crippen molar-refractivity contribution < 1.29 is 4.43 Å². The van der Waals surface area contributed by atoms with Gasteiger partial charge in [-0.15, -0.1) is 0 Å². The molecule has 1 N–H and O–H groups in total. The first kappa shape index (κ1) is 19.2. The summed E-state index contributed by atoms with van der Waals surface area (Å²) < 4.78 is 6.29. The van der Waals surface area contributed by atoms with Gasteiger partial charge in [-0.3, -0.25) is 0 Å². The summed E-state index contributed by atoms with van der Waals surface area (Å²) in [5, 5.41) is 4.57. The molecule has 8 heteroatoms. The molecule has 0 aromatic carbocycles. The SMILES string of the molecule is CC(C)(C)[Si](C)(C)OCc1cc(Cl)nc(Nc2nc3cccnc3s2)c1. The Morgan fingerprint density at radius 2 is 2.00 bits per heavy atom. The molecule has 0 unspecified atom stereocenters. The first-order chi connectivity index (χ1) is 12.1. The quantitative estimate of drug-likeness (QED) is 0.415. The molecule has 0 fully saturated rings. The lowest BCUT2D eigenvalue weighted by Crippen LogP contribution is -2.40. The first-order valence-electron chi connectivity index (χ1n) is 8.43. The molecule has 0 spiro atoms. The Balaban J connectivity index is 1.77. The molecule has 3 heterocycles. The van der Waals surface area contributed by atoms with Crippen molar-refractivity contribution in [1.29, 1.82) is 0 Å². The number of nitrogens with zero attached hydrogens (tertiary/aromatic N) is 3. The van der Waals surface area contributed by atoms with Crippen molar-refractivity contribution in [3.8, 4) is 0 Å². The van der Waals surface area contributed by atoms with Gasteiger partial charge in [-0.2, -0.15) is 0 Å². The number of hydrogen-bond donors (Lipinski definition) is 1. The number of anilines is 2. The molecule has 0 amide bonds. The average Bonchev–Trinajstić information content (AvgIpc) is 2.93. The van der Waals surface area contributed by atoms with Gasteiger partial charge in [-0.25, -0.2) is 15.0 Å². The summed E-state index contributed by atoms with van der Waals surface area (Å²) in [6.45, 7) is 11.7. The van der Waals surface area contributed by atoms with Crippen molar-refractivity contribution in [2.45, 2.75) is 45.5 Å². The maximum absolute atomic E-state index is 6.29. The lowest BCUT2D eigenvalue weighted by atomic mass is 10.2. The van der Waals surface area contributed by atoms with E-state index in [-0.39, 0.29) is 5.04 Å². The standard InChI is InChI=1S/C18H23ClN4OSSi/c1-18(2,3)26(4,5)24-11-12-9-14(19)22-15(10-12)23-17-21-13-7-6-8-20-16(13)25-17/h6-10H,11H2,1-5H3,(H,21,22,23). The van der Waals surface area contributed by atoms with E-state index < -0.39 is 8.32 Å². The molecule has 3 rings (SSSR count). The average molecular weight is 407 g/mol. The molecule has 0 saturated carbocycles. The van der Waals surface area contributed by atoms with Crippen molar-refractivity contribution in [2.75, 3.05) is 5.32 Å². The van der Waals surface area contributed by atoms with Crippen LogP contribution < -0.4 is 5.32 Å². The largest absolute Gasteiger partial charge is 0.413 e. The Kier molecular flexibility index (Phi) is 5.34. The molecular formula is C18H23ClN4OSSi. The zero-order valence-electron chi connectivity index (χ0n) is 15.6. The molecule has 0 atom stereocenters. The normalized spacial score (nSPS) is 12.5. The van der Waals surface area contributed by atoms with E-state index in [1.165, 1.54) is 11.3 Å². The van der Waals surface area contributed by atoms with Crippen LogP contribution in [-0.2, 0) is 11.0 Å². The van der Waals surface area contributed by atoms with Gasteiger partial charge in [0, 0.05) is 6.20 Å². The van der Waals surface area contributed by atoms with Crippen LogP contribution in [0.5, 0.6) is 0 Å². The molecule has 0 aliphatic rings. The second-order valence-electron chi connectivity index (χ2n) is 7.70. The summed E-state index contributed by atoms with van der Waals surface area (Å²) in [5.74, 6) is 0.658. The molecule has 0 bridgehead atoms. The first-order valence-corrected chi connectivity index (χ1v) is 12.5. The number of halogens is 1. The van der Waals surface area contributed by atoms with E-state index in [2.05, 4.69) is 54.1 Å². The third-order valence-corrected chi connectivity index (χ3v) is 10.2. The highest BCUT2D eigenvalue weighted by Crippen LogP contribution is 2.37. The highest BCUT2D eigenvalue weighted by atomic mass is 35.5. The topological polar surface area (TPSA) is 59.9 Å². The Hall–Kier alpha value is -1.54. The van der Waals surface area contributed by atoms with Gasteiger partial charge < -0.3 is 9.74 Å². The molecule has 0 saturated heterocycles. The second kappa shape index (κ2) is 7.23. The van der Waals surface area contributed by atoms with E-state index in [4.69, 9.17) is 16.0 Å². The Morgan fingerprint density at radius 1 is 1.23 bits per heavy atom. The fraction of sp³-hybridized carbons (Fsp3) is 0.389. The lowest BCUT2D eigenvalue weighted by molar-refractivity contribution is 0.276. The maximum atomic E-state index is 6.29. The third kappa shape index (κ3) is 4.40. The van der Waals surface area contributed by atoms with Crippen molar-refractivity contribution in [3.63, 3.8) is 0 Å². The molecule has 0 radical (unpaired) electrons. The van der Waals surface area contributed by atoms with Gasteiger partial charge in [0.2, 0.25) is 0 Å². The van der Waals surface area contributed by atoms with Crippen molar-refractivity contribution in [3.05, 3.63) is 41.2 Å². The molecular weight excluding hydrogens is 384 g/mol. The van der Waals surface area contributed by atoms with E-state index in [0.717, 1.165) is 21.0 Å². The van der Waals surface area contributed by atoms with Crippen molar-refractivity contribution in [1.82, 2.24) is 15.0 Å². The molecule has 0 aliphatic carbocycles. The molecule has 138 valence electrons. The smallest absolute Gasteiger partial charge is 0.192 e. The van der Waals surface area contributed by atoms with Crippen molar-refractivity contribution >= 4 is 52.6 Å². The molecule has 5 nitrogen and oxygen atoms in total. The highest BCUT2D eigenvalue weighted by Gasteiger charge is 2.37. The zero-order chi connectivity index (χ0) is 18.9. The fourth-order valence-electron chi connectivity index (χ4n) is 2.11. The minimum atomic E-state index is -1.82. The number of thiazole rings is 1. The number of nitrogens with one attached hydrogen (secondary N) is 1. The Labute approximate surface area is 163 Å². The van der Waals surface area contributed by atoms with E-state index in [0.29, 0.717) is 17.6 Å². The highest BCUT2D eigenvalue weighted by molar-refractivity contribution is 7.21. The predicted molar refractivity (Wildman–Crippen MR) is 112 cm³/mol. The molecule has 3 aromatic rings. The van der Waals surface area contributed by atoms with Crippen molar-refractivity contribution in [2.24, 2.45) is 0 Å². The van der Waals surface area contributed by atoms with Gasteiger partial charge in [0.25, 0.3) is 0 Å². The summed E-state index contributed by atoms with van der Waals surface area (Å²) in [6, 6.07) is 7.62. The number of fused-ring (bicyclic) bond motifs is 1. The Morgan fingerprint density at radius 3 is 2.69 bits per heavy atom. The van der Waals surface area contributed by atoms with E-state index in [1.54, 1.807) is 6.20 Å². The number of aromatic nitrogens is 3. The van der Waals surface area contributed by atoms with Crippen LogP contribution in [0.2, 0.25) is 23.3 Å². The van der Waals surface area contributed by atoms with Gasteiger partial charge in [0.15, 0.2) is 13.4 Å². The van der Waals surface area contributed by atoms with Gasteiger partial charge >= 0.3 is 0 Å². The van der Waals surface area contributed by atoms with Crippen LogP contribution in [0.3, 0.4) is 0 Å². The van der Waals surface area contributed by atoms with Crippen LogP contribution >= 0.6 is 22.9 Å². The maximum Gasteiger partial charge on any atom is 0.192 e. The van der Waals surface area contributed by atoms with Gasteiger partial charge in [-0.05, 0) is 48.0 Å². The zero-order valence-corrected chi connectivity index (χ0v) is 18.2. The third-order valence-electron chi connectivity index (χ3n) is 4.66. The Bertz CT molecular complexity index is 890. The van der Waals surface area contributed by atoms with Gasteiger partial charge in [-0.1, -0.05) is 43.7 Å². The predicted octanol–water partition coefficient (Wildman–Crippen LogP) is 6.01. The van der Waals surface area contributed by atoms with Crippen LogP contribution in [0.1, 0.15) is 26.3 Å². The summed E-state index contributed by atoms with van der Waals surface area (Å²) in [7, 11) is -1.82. The number of pyridine rings is 2. The van der Waals surface area contributed by atoms with Crippen LogP contribution in [-0.4, -0.2) is 23.3 Å². The molecule has 0 aliphatic heterocycles. The lowest BCUT2D eigenvalue weighted by Gasteiger charge is -2.36. The van der Waals surface area contributed by atoms with Gasteiger partial charge in [0.1, 0.15) is 21.3 Å². The summed E-state index contributed by atoms with van der Waals surface area (Å²) in [5.41, 5.74) is 1.86. The minimum absolute atomic E-state index is 0.166. The second-order valence-corrected chi connectivity index (χ2v) is 13.9. The van der Waals surface area contributed by atoms with E-state index in [1.807, 2.05) is 24.3 Å².